The highest BCUT2D eigenvalue weighted by Gasteiger charge is 2.29. The summed E-state index contributed by atoms with van der Waals surface area (Å²) in [7, 11) is 0. The lowest BCUT2D eigenvalue weighted by Crippen LogP contribution is -2.46. The van der Waals surface area contributed by atoms with Crippen LogP contribution in [-0.2, 0) is 0 Å². The lowest BCUT2D eigenvalue weighted by atomic mass is 9.98. The predicted molar refractivity (Wildman–Crippen MR) is 183 cm³/mol. The van der Waals surface area contributed by atoms with Crippen molar-refractivity contribution in [1.82, 2.24) is 24.9 Å². The summed E-state index contributed by atoms with van der Waals surface area (Å²) in [5.74, 6) is -0.581. The van der Waals surface area contributed by atoms with Gasteiger partial charge in [0.2, 0.25) is 0 Å². The first-order chi connectivity index (χ1) is 22.0. The number of rotatable bonds is 7. The van der Waals surface area contributed by atoms with Crippen molar-refractivity contribution in [3.8, 4) is 6.07 Å². The van der Waals surface area contributed by atoms with Gasteiger partial charge in [0.05, 0.1) is 45.1 Å². The third-order valence-electron chi connectivity index (χ3n) is 8.36. The van der Waals surface area contributed by atoms with Crippen molar-refractivity contribution in [1.29, 1.82) is 5.26 Å². The second-order valence-corrected chi connectivity index (χ2v) is 13.7. The fraction of sp³-hybridized carbons (Fsp3) is 0.294. The van der Waals surface area contributed by atoms with Crippen LogP contribution in [0.5, 0.6) is 0 Å². The number of benzene rings is 3. The van der Waals surface area contributed by atoms with Crippen LogP contribution in [0.25, 0.3) is 10.9 Å². The molecule has 0 amide bonds. The molecule has 2 aromatic heterocycles. The van der Waals surface area contributed by atoms with Crippen LogP contribution >= 0.6 is 34.8 Å². The van der Waals surface area contributed by atoms with E-state index in [9.17, 15) is 9.65 Å². The Morgan fingerprint density at radius 1 is 0.978 bits per heavy atom. The normalized spacial score (nSPS) is 15.1. The van der Waals surface area contributed by atoms with E-state index in [0.717, 1.165) is 37.2 Å². The third-order valence-corrected chi connectivity index (χ3v) is 9.21. The standard InChI is InChI=1S/C34H32Cl3FN8/c1-34(2,3)45-12-10-25(11-13-45)46-19-30(43-44-46)32(20-4-6-22(35)7-5-20)42-24-14-26-31(41-23-8-9-27(36)29(38)16-23)21(17-39)18-40-33(26)28(37)15-24/h4-9,14-16,18-19,25,32,42H,10-13H2,1-3H3,(H,40,41). The number of likely N-dealkylation sites (tertiary alicyclic amines) is 1. The van der Waals surface area contributed by atoms with Crippen LogP contribution < -0.4 is 10.6 Å². The molecule has 1 aliphatic heterocycles. The molecule has 236 valence electrons. The van der Waals surface area contributed by atoms with Crippen LogP contribution in [0.3, 0.4) is 0 Å². The van der Waals surface area contributed by atoms with E-state index in [1.165, 1.54) is 18.3 Å². The van der Waals surface area contributed by atoms with Crippen molar-refractivity contribution in [2.45, 2.75) is 51.2 Å². The second kappa shape index (κ2) is 13.0. The molecule has 1 fully saturated rings. The van der Waals surface area contributed by atoms with Crippen LogP contribution in [0.4, 0.5) is 21.5 Å². The quantitative estimate of drug-likeness (QED) is 0.177. The lowest BCUT2D eigenvalue weighted by molar-refractivity contribution is 0.0866. The Hall–Kier alpha value is -3.94. The van der Waals surface area contributed by atoms with Crippen molar-refractivity contribution < 1.29 is 4.39 Å². The molecule has 1 atom stereocenters. The van der Waals surface area contributed by atoms with E-state index in [1.54, 1.807) is 12.1 Å². The van der Waals surface area contributed by atoms with E-state index >= 15 is 0 Å². The molecule has 2 N–H and O–H groups in total. The largest absolute Gasteiger partial charge is 0.373 e. The zero-order valence-corrected chi connectivity index (χ0v) is 27.8. The lowest BCUT2D eigenvalue weighted by Gasteiger charge is -2.40. The average Bonchev–Trinajstić information content (AvgIpc) is 3.52. The number of halogens is 4. The summed E-state index contributed by atoms with van der Waals surface area (Å²) >= 11 is 18.9. The minimum Gasteiger partial charge on any atom is -0.373 e. The number of fused-ring (bicyclic) bond motifs is 1. The fourth-order valence-corrected chi connectivity index (χ4v) is 6.34. The van der Waals surface area contributed by atoms with Crippen molar-refractivity contribution in [3.63, 3.8) is 0 Å². The number of pyridine rings is 1. The maximum Gasteiger partial charge on any atom is 0.143 e. The molecule has 8 nitrogen and oxygen atoms in total. The van der Waals surface area contributed by atoms with Crippen LogP contribution in [0.2, 0.25) is 15.1 Å². The van der Waals surface area contributed by atoms with Crippen molar-refractivity contribution in [3.05, 3.63) is 105 Å². The molecular weight excluding hydrogens is 646 g/mol. The number of nitrogens with one attached hydrogen (secondary N) is 2. The minimum atomic E-state index is -0.581. The summed E-state index contributed by atoms with van der Waals surface area (Å²) in [6.07, 6.45) is 5.42. The van der Waals surface area contributed by atoms with Gasteiger partial charge in [0.15, 0.2) is 0 Å². The second-order valence-electron chi connectivity index (χ2n) is 12.4. The zero-order chi connectivity index (χ0) is 32.6. The van der Waals surface area contributed by atoms with E-state index in [0.29, 0.717) is 38.0 Å². The summed E-state index contributed by atoms with van der Waals surface area (Å²) in [5.41, 5.74) is 4.06. The van der Waals surface area contributed by atoms with Gasteiger partial charge < -0.3 is 10.6 Å². The Bertz CT molecular complexity index is 1920. The molecule has 5 aromatic rings. The first-order valence-electron chi connectivity index (χ1n) is 14.9. The van der Waals surface area contributed by atoms with Crippen molar-refractivity contribution in [2.75, 3.05) is 23.7 Å². The van der Waals surface area contributed by atoms with Gasteiger partial charge in [-0.1, -0.05) is 52.1 Å². The number of hydrogen-bond donors (Lipinski definition) is 2. The first-order valence-corrected chi connectivity index (χ1v) is 16.1. The van der Waals surface area contributed by atoms with Gasteiger partial charge in [-0.2, -0.15) is 5.26 Å². The van der Waals surface area contributed by atoms with Gasteiger partial charge >= 0.3 is 0 Å². The molecule has 12 heteroatoms. The van der Waals surface area contributed by atoms with E-state index in [-0.39, 0.29) is 22.2 Å². The molecule has 1 unspecified atom stereocenters. The van der Waals surface area contributed by atoms with E-state index < -0.39 is 11.9 Å². The van der Waals surface area contributed by atoms with Crippen LogP contribution in [0.1, 0.15) is 62.5 Å². The van der Waals surface area contributed by atoms with Gasteiger partial charge in [0, 0.05) is 46.6 Å². The minimum absolute atomic E-state index is 0.000661. The van der Waals surface area contributed by atoms with Crippen LogP contribution in [0, 0.1) is 17.1 Å². The van der Waals surface area contributed by atoms with Gasteiger partial charge in [-0.3, -0.25) is 9.88 Å². The molecule has 0 saturated carbocycles. The van der Waals surface area contributed by atoms with Crippen LogP contribution in [0.15, 0.2) is 67.0 Å². The molecule has 0 aliphatic carbocycles. The van der Waals surface area contributed by atoms with Gasteiger partial charge in [-0.05, 0) is 81.6 Å². The van der Waals surface area contributed by atoms with Gasteiger partial charge in [-0.25, -0.2) is 9.07 Å². The molecule has 0 radical (unpaired) electrons. The van der Waals surface area contributed by atoms with E-state index in [4.69, 9.17) is 34.8 Å². The Labute approximate surface area is 282 Å². The molecular formula is C34H32Cl3FN8. The maximum absolute atomic E-state index is 14.3. The summed E-state index contributed by atoms with van der Waals surface area (Å²) in [4.78, 5) is 6.95. The monoisotopic (exact) mass is 676 g/mol. The average molecular weight is 678 g/mol. The Morgan fingerprint density at radius 3 is 2.39 bits per heavy atom. The smallest absolute Gasteiger partial charge is 0.143 e. The molecule has 1 aliphatic rings. The number of nitrogens with zero attached hydrogens (tertiary/aromatic N) is 6. The molecule has 6 rings (SSSR count). The fourth-order valence-electron chi connectivity index (χ4n) is 5.83. The van der Waals surface area contributed by atoms with Gasteiger partial charge in [0.25, 0.3) is 0 Å². The topological polar surface area (TPSA) is 94.7 Å². The van der Waals surface area contributed by atoms with Crippen molar-refractivity contribution in [2.24, 2.45) is 0 Å². The maximum atomic E-state index is 14.3. The molecule has 0 spiro atoms. The van der Waals surface area contributed by atoms with E-state index in [1.807, 2.05) is 41.2 Å². The summed E-state index contributed by atoms with van der Waals surface area (Å²) in [6, 6.07) is 17.6. The first kappa shape index (κ1) is 32.0. The SMILES string of the molecule is CC(C)(C)N1CCC(n2cc(C(Nc3cc(Cl)c4ncc(C#N)c(Nc5ccc(Cl)c(F)c5)c4c3)c3ccc(Cl)cc3)nn2)CC1. The Morgan fingerprint density at radius 2 is 1.72 bits per heavy atom. The molecule has 46 heavy (non-hydrogen) atoms. The number of anilines is 3. The molecule has 0 bridgehead atoms. The predicted octanol–water partition coefficient (Wildman–Crippen LogP) is 9.18. The molecule has 3 aromatic carbocycles. The van der Waals surface area contributed by atoms with Crippen molar-refractivity contribution >= 4 is 62.8 Å². The third kappa shape index (κ3) is 6.76. The Kier molecular flexibility index (Phi) is 9.08. The Balaban J connectivity index is 1.36. The zero-order valence-electron chi connectivity index (χ0n) is 25.5. The number of aromatic nitrogens is 4. The number of piperidine rings is 1. The highest BCUT2D eigenvalue weighted by Crippen LogP contribution is 2.37. The van der Waals surface area contributed by atoms with Crippen LogP contribution in [-0.4, -0.2) is 43.5 Å². The van der Waals surface area contributed by atoms with Gasteiger partial charge in [0.1, 0.15) is 17.6 Å². The molecule has 3 heterocycles. The summed E-state index contributed by atoms with van der Waals surface area (Å²) < 4.78 is 16.3. The summed E-state index contributed by atoms with van der Waals surface area (Å²) in [5, 5.41) is 27.4. The highest BCUT2D eigenvalue weighted by atomic mass is 35.5. The van der Waals surface area contributed by atoms with E-state index in [2.05, 4.69) is 57.7 Å². The number of nitriles is 1. The number of hydrogen-bond acceptors (Lipinski definition) is 7. The van der Waals surface area contributed by atoms with Gasteiger partial charge in [-0.15, -0.1) is 5.10 Å². The molecule has 1 saturated heterocycles. The summed E-state index contributed by atoms with van der Waals surface area (Å²) in [6.45, 7) is 8.73. The highest BCUT2D eigenvalue weighted by molar-refractivity contribution is 6.36.